The maximum Gasteiger partial charge on any atom is 0.227 e. The number of halogens is 2. The van der Waals surface area contributed by atoms with Crippen LogP contribution >= 0.6 is 12.4 Å². The van der Waals surface area contributed by atoms with Crippen LogP contribution in [-0.4, -0.2) is 11.9 Å². The number of benzene rings is 2. The largest absolute Gasteiger partial charge is 0.457 e. The van der Waals surface area contributed by atoms with E-state index in [0.717, 1.165) is 19.3 Å². The summed E-state index contributed by atoms with van der Waals surface area (Å²) in [7, 11) is 0. The van der Waals surface area contributed by atoms with Gasteiger partial charge in [0.25, 0.3) is 0 Å². The molecule has 3 rings (SSSR count). The molecule has 2 aromatic rings. The standard InChI is InChI=1S/C18H19FN2O2.ClH/c19-13-2-1-3-17(11-13)23-16-8-6-15(7-9-16)21-18(22)12-4-5-14(20)10-12;/h1-3,6-9,11-12,14H,4-5,10,20H2,(H,21,22);1H. The highest BCUT2D eigenvalue weighted by Crippen LogP contribution is 2.27. The molecule has 0 spiro atoms. The predicted octanol–water partition coefficient (Wildman–Crippen LogP) is 4.11. The Balaban J connectivity index is 0.00000208. The highest BCUT2D eigenvalue weighted by molar-refractivity contribution is 5.92. The van der Waals surface area contributed by atoms with Gasteiger partial charge in [-0.25, -0.2) is 4.39 Å². The quantitative estimate of drug-likeness (QED) is 0.872. The van der Waals surface area contributed by atoms with E-state index in [1.54, 1.807) is 36.4 Å². The lowest BCUT2D eigenvalue weighted by atomic mass is 10.1. The molecule has 4 nitrogen and oxygen atoms in total. The van der Waals surface area contributed by atoms with Gasteiger partial charge < -0.3 is 15.8 Å². The molecule has 6 heteroatoms. The lowest BCUT2D eigenvalue weighted by Gasteiger charge is -2.11. The van der Waals surface area contributed by atoms with Crippen molar-refractivity contribution in [1.82, 2.24) is 0 Å². The zero-order valence-electron chi connectivity index (χ0n) is 13.1. The van der Waals surface area contributed by atoms with Gasteiger partial charge in [-0.15, -0.1) is 12.4 Å². The predicted molar refractivity (Wildman–Crippen MR) is 94.1 cm³/mol. The molecular formula is C18H20ClFN2O2. The Morgan fingerprint density at radius 1 is 1.12 bits per heavy atom. The molecule has 0 radical (unpaired) electrons. The van der Waals surface area contributed by atoms with Gasteiger partial charge in [0.2, 0.25) is 5.91 Å². The van der Waals surface area contributed by atoms with Crippen LogP contribution in [0.1, 0.15) is 19.3 Å². The number of anilines is 1. The average molecular weight is 351 g/mol. The summed E-state index contributed by atoms with van der Waals surface area (Å²) in [5, 5.41) is 2.89. The van der Waals surface area contributed by atoms with Crippen molar-refractivity contribution in [3.8, 4) is 11.5 Å². The minimum Gasteiger partial charge on any atom is -0.457 e. The summed E-state index contributed by atoms with van der Waals surface area (Å²) in [4.78, 5) is 12.1. The Bertz CT molecular complexity index is 694. The van der Waals surface area contributed by atoms with E-state index in [-0.39, 0.29) is 36.1 Å². The first-order valence-electron chi connectivity index (χ1n) is 7.70. The molecule has 2 aromatic carbocycles. The van der Waals surface area contributed by atoms with Crippen LogP contribution in [0.25, 0.3) is 0 Å². The summed E-state index contributed by atoms with van der Waals surface area (Å²) in [5.74, 6) is 0.671. The van der Waals surface area contributed by atoms with Crippen molar-refractivity contribution < 1.29 is 13.9 Å². The topological polar surface area (TPSA) is 64.4 Å². The molecule has 0 saturated heterocycles. The number of amides is 1. The Labute approximate surface area is 146 Å². The molecule has 1 fully saturated rings. The lowest BCUT2D eigenvalue weighted by Crippen LogP contribution is -2.23. The number of nitrogens with two attached hydrogens (primary N) is 1. The molecule has 3 N–H and O–H groups in total. The monoisotopic (exact) mass is 350 g/mol. The molecule has 1 amide bonds. The highest BCUT2D eigenvalue weighted by atomic mass is 35.5. The Hall–Kier alpha value is -2.11. The third kappa shape index (κ3) is 4.69. The third-order valence-electron chi connectivity index (χ3n) is 4.00. The van der Waals surface area contributed by atoms with E-state index in [1.807, 2.05) is 0 Å². The minimum absolute atomic E-state index is 0. The van der Waals surface area contributed by atoms with Crippen LogP contribution in [-0.2, 0) is 4.79 Å². The van der Waals surface area contributed by atoms with Crippen LogP contribution < -0.4 is 15.8 Å². The van der Waals surface area contributed by atoms with Crippen molar-refractivity contribution in [3.05, 3.63) is 54.3 Å². The van der Waals surface area contributed by atoms with Crippen molar-refractivity contribution in [1.29, 1.82) is 0 Å². The molecule has 0 heterocycles. The summed E-state index contributed by atoms with van der Waals surface area (Å²) in [6.07, 6.45) is 2.48. The molecule has 1 aliphatic carbocycles. The fourth-order valence-corrected chi connectivity index (χ4v) is 2.77. The van der Waals surface area contributed by atoms with E-state index in [1.165, 1.54) is 12.1 Å². The zero-order chi connectivity index (χ0) is 16.2. The van der Waals surface area contributed by atoms with Gasteiger partial charge in [-0.1, -0.05) is 6.07 Å². The summed E-state index contributed by atoms with van der Waals surface area (Å²) < 4.78 is 18.7. The van der Waals surface area contributed by atoms with Gasteiger partial charge in [0.05, 0.1) is 0 Å². The number of carbonyl (C=O) groups is 1. The normalized spacial score (nSPS) is 19.4. The number of carbonyl (C=O) groups excluding carboxylic acids is 1. The van der Waals surface area contributed by atoms with E-state index < -0.39 is 0 Å². The van der Waals surface area contributed by atoms with Crippen LogP contribution in [0.15, 0.2) is 48.5 Å². The Morgan fingerprint density at radius 3 is 2.50 bits per heavy atom. The number of rotatable bonds is 4. The van der Waals surface area contributed by atoms with Gasteiger partial charge >= 0.3 is 0 Å². The van der Waals surface area contributed by atoms with Crippen LogP contribution in [0.5, 0.6) is 11.5 Å². The molecule has 0 aromatic heterocycles. The van der Waals surface area contributed by atoms with Crippen LogP contribution in [0.3, 0.4) is 0 Å². The van der Waals surface area contributed by atoms with Crippen molar-refractivity contribution >= 4 is 24.0 Å². The van der Waals surface area contributed by atoms with Crippen molar-refractivity contribution in [2.75, 3.05) is 5.32 Å². The van der Waals surface area contributed by atoms with Gasteiger partial charge in [0.15, 0.2) is 0 Å². The maximum absolute atomic E-state index is 13.1. The number of hydrogen-bond donors (Lipinski definition) is 2. The summed E-state index contributed by atoms with van der Waals surface area (Å²) in [5.41, 5.74) is 6.55. The number of hydrogen-bond acceptors (Lipinski definition) is 3. The second-order valence-corrected chi connectivity index (χ2v) is 5.84. The Morgan fingerprint density at radius 2 is 1.88 bits per heavy atom. The van der Waals surface area contributed by atoms with Gasteiger partial charge in [0.1, 0.15) is 17.3 Å². The SMILES string of the molecule is Cl.NC1CCC(C(=O)Nc2ccc(Oc3cccc(F)c3)cc2)C1. The third-order valence-corrected chi connectivity index (χ3v) is 4.00. The molecule has 2 atom stereocenters. The first-order chi connectivity index (χ1) is 11.1. The van der Waals surface area contributed by atoms with Crippen LogP contribution in [0, 0.1) is 11.7 Å². The molecule has 1 saturated carbocycles. The molecule has 1 aliphatic rings. The molecule has 2 unspecified atom stereocenters. The first kappa shape index (κ1) is 18.2. The van der Waals surface area contributed by atoms with Gasteiger partial charge in [-0.2, -0.15) is 0 Å². The second-order valence-electron chi connectivity index (χ2n) is 5.84. The van der Waals surface area contributed by atoms with Gasteiger partial charge in [-0.05, 0) is 55.7 Å². The molecule has 128 valence electrons. The van der Waals surface area contributed by atoms with E-state index >= 15 is 0 Å². The van der Waals surface area contributed by atoms with E-state index in [4.69, 9.17) is 10.5 Å². The van der Waals surface area contributed by atoms with Gasteiger partial charge in [-0.3, -0.25) is 4.79 Å². The lowest BCUT2D eigenvalue weighted by molar-refractivity contribution is -0.119. The molecule has 0 aliphatic heterocycles. The first-order valence-corrected chi connectivity index (χ1v) is 7.70. The van der Waals surface area contributed by atoms with Crippen molar-refractivity contribution in [3.63, 3.8) is 0 Å². The average Bonchev–Trinajstić information content (AvgIpc) is 2.96. The van der Waals surface area contributed by atoms with Gasteiger partial charge in [0, 0.05) is 23.7 Å². The zero-order valence-corrected chi connectivity index (χ0v) is 13.9. The molecule has 24 heavy (non-hydrogen) atoms. The smallest absolute Gasteiger partial charge is 0.227 e. The summed E-state index contributed by atoms with van der Waals surface area (Å²) in [6, 6.07) is 13.1. The van der Waals surface area contributed by atoms with E-state index in [0.29, 0.717) is 17.2 Å². The molecule has 0 bridgehead atoms. The Kier molecular flexibility index (Phi) is 6.17. The minimum atomic E-state index is -0.346. The highest BCUT2D eigenvalue weighted by Gasteiger charge is 2.27. The van der Waals surface area contributed by atoms with Crippen molar-refractivity contribution in [2.24, 2.45) is 11.7 Å². The fraction of sp³-hybridized carbons (Fsp3) is 0.278. The fourth-order valence-electron chi connectivity index (χ4n) is 2.77. The van der Waals surface area contributed by atoms with Crippen molar-refractivity contribution in [2.45, 2.75) is 25.3 Å². The van der Waals surface area contributed by atoms with E-state index in [9.17, 15) is 9.18 Å². The maximum atomic E-state index is 13.1. The number of nitrogens with one attached hydrogen (secondary N) is 1. The van der Waals surface area contributed by atoms with Crippen LogP contribution in [0.2, 0.25) is 0 Å². The summed E-state index contributed by atoms with van der Waals surface area (Å²) in [6.45, 7) is 0. The molecular weight excluding hydrogens is 331 g/mol. The second kappa shape index (κ2) is 8.13. The van der Waals surface area contributed by atoms with Crippen LogP contribution in [0.4, 0.5) is 10.1 Å². The summed E-state index contributed by atoms with van der Waals surface area (Å²) >= 11 is 0. The van der Waals surface area contributed by atoms with E-state index in [2.05, 4.69) is 5.32 Å². The number of ether oxygens (including phenoxy) is 1.